The van der Waals surface area contributed by atoms with Gasteiger partial charge in [0, 0.05) is 31.3 Å². The number of likely N-dealkylation sites (N-methyl/N-ethyl adjacent to an activating group) is 1. The van der Waals surface area contributed by atoms with E-state index in [1.165, 1.54) is 12.8 Å². The van der Waals surface area contributed by atoms with Gasteiger partial charge in [-0.2, -0.15) is 0 Å². The summed E-state index contributed by atoms with van der Waals surface area (Å²) in [7, 11) is 2.19. The van der Waals surface area contributed by atoms with Crippen LogP contribution in [0.25, 0.3) is 0 Å². The van der Waals surface area contributed by atoms with Gasteiger partial charge in [-0.3, -0.25) is 4.90 Å². The van der Waals surface area contributed by atoms with Crippen LogP contribution in [0.5, 0.6) is 0 Å². The highest BCUT2D eigenvalue weighted by molar-refractivity contribution is 4.77. The van der Waals surface area contributed by atoms with Crippen LogP contribution in [0.4, 0.5) is 0 Å². The first kappa shape index (κ1) is 13.9. The number of hydrogen-bond donors (Lipinski definition) is 1. The van der Waals surface area contributed by atoms with E-state index in [0.29, 0.717) is 12.1 Å². The molecule has 2 atom stereocenters. The molecule has 96 valence electrons. The Balaban J connectivity index is 2.21. The molecule has 3 nitrogen and oxygen atoms in total. The van der Waals surface area contributed by atoms with E-state index in [1.54, 1.807) is 0 Å². The minimum Gasteiger partial charge on any atom is -0.377 e. The molecule has 2 unspecified atom stereocenters. The van der Waals surface area contributed by atoms with Crippen LogP contribution < -0.4 is 5.32 Å². The van der Waals surface area contributed by atoms with Crippen molar-refractivity contribution in [1.82, 2.24) is 10.2 Å². The maximum atomic E-state index is 5.66. The molecule has 1 rings (SSSR count). The first-order chi connectivity index (χ1) is 7.38. The fraction of sp³-hybridized carbons (Fsp3) is 1.00. The largest absolute Gasteiger partial charge is 0.377 e. The standard InChI is InChI=1S/C13H28N2O/c1-11(9-14-13(2,3)4)15(5)10-12-7-6-8-16-12/h11-12,14H,6-10H2,1-5H3. The van der Waals surface area contributed by atoms with Gasteiger partial charge in [-0.15, -0.1) is 0 Å². The molecule has 0 saturated carbocycles. The lowest BCUT2D eigenvalue weighted by molar-refractivity contribution is 0.0694. The first-order valence-corrected chi connectivity index (χ1v) is 6.45. The van der Waals surface area contributed by atoms with E-state index in [1.807, 2.05) is 0 Å². The summed E-state index contributed by atoms with van der Waals surface area (Å²) in [5.74, 6) is 0. The van der Waals surface area contributed by atoms with Gasteiger partial charge in [0.15, 0.2) is 0 Å². The van der Waals surface area contributed by atoms with Crippen LogP contribution in [0, 0.1) is 0 Å². The molecule has 1 N–H and O–H groups in total. The van der Waals surface area contributed by atoms with E-state index in [9.17, 15) is 0 Å². The SMILES string of the molecule is CC(CNC(C)(C)C)N(C)CC1CCCO1. The third kappa shape index (κ3) is 5.28. The van der Waals surface area contributed by atoms with Crippen LogP contribution in [0.1, 0.15) is 40.5 Å². The lowest BCUT2D eigenvalue weighted by Gasteiger charge is -2.30. The summed E-state index contributed by atoms with van der Waals surface area (Å²) in [5.41, 5.74) is 0.207. The van der Waals surface area contributed by atoms with Gasteiger partial charge in [-0.05, 0) is 47.6 Å². The van der Waals surface area contributed by atoms with E-state index in [0.717, 1.165) is 19.7 Å². The average Bonchev–Trinajstić information content (AvgIpc) is 2.65. The topological polar surface area (TPSA) is 24.5 Å². The lowest BCUT2D eigenvalue weighted by Crippen LogP contribution is -2.46. The van der Waals surface area contributed by atoms with Crippen LogP contribution in [0.15, 0.2) is 0 Å². The summed E-state index contributed by atoms with van der Waals surface area (Å²) in [5, 5.41) is 3.54. The van der Waals surface area contributed by atoms with Crippen molar-refractivity contribution in [3.63, 3.8) is 0 Å². The van der Waals surface area contributed by atoms with Crippen molar-refractivity contribution in [2.45, 2.75) is 58.2 Å². The Labute approximate surface area is 101 Å². The van der Waals surface area contributed by atoms with Crippen LogP contribution in [-0.4, -0.2) is 49.3 Å². The van der Waals surface area contributed by atoms with Gasteiger partial charge in [0.2, 0.25) is 0 Å². The highest BCUT2D eigenvalue weighted by Crippen LogP contribution is 2.13. The first-order valence-electron chi connectivity index (χ1n) is 6.45. The monoisotopic (exact) mass is 228 g/mol. The Kier molecular flexibility index (Phi) is 5.22. The quantitative estimate of drug-likeness (QED) is 0.777. The normalized spacial score (nSPS) is 24.0. The van der Waals surface area contributed by atoms with Crippen molar-refractivity contribution < 1.29 is 4.74 Å². The van der Waals surface area contributed by atoms with Crippen LogP contribution >= 0.6 is 0 Å². The van der Waals surface area contributed by atoms with Gasteiger partial charge < -0.3 is 10.1 Å². The lowest BCUT2D eigenvalue weighted by atomic mass is 10.1. The summed E-state index contributed by atoms with van der Waals surface area (Å²) in [6.45, 7) is 11.9. The number of hydrogen-bond acceptors (Lipinski definition) is 3. The fourth-order valence-electron chi connectivity index (χ4n) is 1.90. The van der Waals surface area contributed by atoms with Gasteiger partial charge in [-0.25, -0.2) is 0 Å². The summed E-state index contributed by atoms with van der Waals surface area (Å²) in [6.07, 6.45) is 2.92. The van der Waals surface area contributed by atoms with Crippen LogP contribution in [-0.2, 0) is 4.74 Å². The fourth-order valence-corrected chi connectivity index (χ4v) is 1.90. The Morgan fingerprint density at radius 2 is 2.12 bits per heavy atom. The molecule has 0 radical (unpaired) electrons. The van der Waals surface area contributed by atoms with Crippen molar-refractivity contribution in [3.05, 3.63) is 0 Å². The van der Waals surface area contributed by atoms with E-state index < -0.39 is 0 Å². The van der Waals surface area contributed by atoms with Crippen molar-refractivity contribution in [2.75, 3.05) is 26.7 Å². The molecule has 1 saturated heterocycles. The molecule has 16 heavy (non-hydrogen) atoms. The summed E-state index contributed by atoms with van der Waals surface area (Å²) >= 11 is 0. The number of ether oxygens (including phenoxy) is 1. The van der Waals surface area contributed by atoms with Crippen molar-refractivity contribution >= 4 is 0 Å². The van der Waals surface area contributed by atoms with Gasteiger partial charge in [-0.1, -0.05) is 0 Å². The zero-order valence-corrected chi connectivity index (χ0v) is 11.5. The van der Waals surface area contributed by atoms with Crippen molar-refractivity contribution in [3.8, 4) is 0 Å². The Morgan fingerprint density at radius 1 is 1.44 bits per heavy atom. The average molecular weight is 228 g/mol. The molecule has 1 heterocycles. The summed E-state index contributed by atoms with van der Waals surface area (Å²) in [6, 6.07) is 0.559. The van der Waals surface area contributed by atoms with Crippen LogP contribution in [0.3, 0.4) is 0 Å². The second kappa shape index (κ2) is 5.99. The minimum absolute atomic E-state index is 0.207. The molecular weight excluding hydrogens is 200 g/mol. The Hall–Kier alpha value is -0.120. The number of nitrogens with zero attached hydrogens (tertiary/aromatic N) is 1. The van der Waals surface area contributed by atoms with E-state index >= 15 is 0 Å². The maximum absolute atomic E-state index is 5.66. The summed E-state index contributed by atoms with van der Waals surface area (Å²) < 4.78 is 5.66. The van der Waals surface area contributed by atoms with Gasteiger partial charge in [0.05, 0.1) is 6.10 Å². The van der Waals surface area contributed by atoms with Gasteiger partial charge in [0.1, 0.15) is 0 Å². The molecule has 0 bridgehead atoms. The zero-order chi connectivity index (χ0) is 12.2. The molecule has 0 spiro atoms. The number of rotatable bonds is 5. The molecule has 0 aliphatic carbocycles. The highest BCUT2D eigenvalue weighted by atomic mass is 16.5. The molecule has 0 aromatic heterocycles. The Bertz CT molecular complexity index is 195. The van der Waals surface area contributed by atoms with Crippen molar-refractivity contribution in [2.24, 2.45) is 0 Å². The molecular formula is C13H28N2O. The molecule has 1 aliphatic rings. The van der Waals surface area contributed by atoms with Gasteiger partial charge in [0.25, 0.3) is 0 Å². The number of nitrogens with one attached hydrogen (secondary N) is 1. The predicted octanol–water partition coefficient (Wildman–Crippen LogP) is 1.87. The third-order valence-electron chi connectivity index (χ3n) is 3.20. The molecule has 1 aliphatic heterocycles. The molecule has 0 aromatic carbocycles. The zero-order valence-electron chi connectivity index (χ0n) is 11.5. The maximum Gasteiger partial charge on any atom is 0.0702 e. The van der Waals surface area contributed by atoms with Crippen LogP contribution in [0.2, 0.25) is 0 Å². The molecule has 3 heteroatoms. The predicted molar refractivity (Wildman–Crippen MR) is 68.8 cm³/mol. The molecule has 0 aromatic rings. The van der Waals surface area contributed by atoms with Crippen molar-refractivity contribution in [1.29, 1.82) is 0 Å². The van der Waals surface area contributed by atoms with E-state index in [-0.39, 0.29) is 5.54 Å². The minimum atomic E-state index is 0.207. The summed E-state index contributed by atoms with van der Waals surface area (Å²) in [4.78, 5) is 2.40. The second-order valence-corrected chi connectivity index (χ2v) is 6.05. The van der Waals surface area contributed by atoms with E-state index in [4.69, 9.17) is 4.74 Å². The molecule has 1 fully saturated rings. The second-order valence-electron chi connectivity index (χ2n) is 6.05. The van der Waals surface area contributed by atoms with E-state index in [2.05, 4.69) is 45.0 Å². The smallest absolute Gasteiger partial charge is 0.0702 e. The van der Waals surface area contributed by atoms with Gasteiger partial charge >= 0.3 is 0 Å². The Morgan fingerprint density at radius 3 is 2.62 bits per heavy atom. The highest BCUT2D eigenvalue weighted by Gasteiger charge is 2.20. The third-order valence-corrected chi connectivity index (χ3v) is 3.20. The molecule has 0 amide bonds.